The first-order valence-corrected chi connectivity index (χ1v) is 10.0. The zero-order valence-corrected chi connectivity index (χ0v) is 15.5. The van der Waals surface area contributed by atoms with Crippen LogP contribution in [0.2, 0.25) is 0 Å². The van der Waals surface area contributed by atoms with E-state index in [1.807, 2.05) is 0 Å². The molecule has 3 atom stereocenters. The van der Waals surface area contributed by atoms with E-state index in [9.17, 15) is 19.3 Å². The molecule has 9 nitrogen and oxygen atoms in total. The molecule has 2 N–H and O–H groups in total. The Morgan fingerprint density at radius 1 is 1.36 bits per heavy atom. The first kappa shape index (κ1) is 20.1. The minimum Gasteiger partial charge on any atom is -0.394 e. The topological polar surface area (TPSA) is 120 Å². The molecule has 1 aromatic rings. The number of ether oxygens (including phenoxy) is 1. The second-order valence-corrected chi connectivity index (χ2v) is 8.02. The predicted molar refractivity (Wildman–Crippen MR) is 90.9 cm³/mol. The van der Waals surface area contributed by atoms with Crippen molar-refractivity contribution in [3.8, 4) is 0 Å². The van der Waals surface area contributed by atoms with E-state index >= 15 is 0 Å². The number of aromatic amines is 1. The molecule has 0 aromatic carbocycles. The molecule has 2 heterocycles. The van der Waals surface area contributed by atoms with Gasteiger partial charge in [0.1, 0.15) is 6.23 Å². The van der Waals surface area contributed by atoms with Gasteiger partial charge in [-0.1, -0.05) is 0 Å². The Kier molecular flexibility index (Phi) is 6.76. The van der Waals surface area contributed by atoms with Crippen LogP contribution in [-0.4, -0.2) is 46.7 Å². The lowest BCUT2D eigenvalue weighted by Gasteiger charge is -2.22. The van der Waals surface area contributed by atoms with Gasteiger partial charge in [-0.3, -0.25) is 18.9 Å². The Morgan fingerprint density at radius 2 is 2.00 bits per heavy atom. The maximum atomic E-state index is 12.7. The zero-order chi connectivity index (χ0) is 18.6. The van der Waals surface area contributed by atoms with Gasteiger partial charge in [0.25, 0.3) is 5.56 Å². The van der Waals surface area contributed by atoms with E-state index in [0.717, 1.165) is 0 Å². The fourth-order valence-corrected chi connectivity index (χ4v) is 5.00. The minimum atomic E-state index is -3.30. The van der Waals surface area contributed by atoms with Gasteiger partial charge in [0.15, 0.2) is 0 Å². The van der Waals surface area contributed by atoms with Crippen molar-refractivity contribution in [3.63, 3.8) is 0 Å². The van der Waals surface area contributed by atoms with Gasteiger partial charge < -0.3 is 18.9 Å². The lowest BCUT2D eigenvalue weighted by molar-refractivity contribution is -0.0315. The summed E-state index contributed by atoms with van der Waals surface area (Å²) in [7, 11) is -3.30. The van der Waals surface area contributed by atoms with Crippen LogP contribution in [0.5, 0.6) is 0 Å². The molecule has 0 radical (unpaired) electrons. The van der Waals surface area contributed by atoms with Crippen molar-refractivity contribution in [1.29, 1.82) is 0 Å². The summed E-state index contributed by atoms with van der Waals surface area (Å²) in [6.07, 6.45) is 0.599. The van der Waals surface area contributed by atoms with Gasteiger partial charge in [-0.2, -0.15) is 0 Å². The van der Waals surface area contributed by atoms with Gasteiger partial charge in [0.05, 0.1) is 32.1 Å². The Labute approximate surface area is 145 Å². The molecule has 10 heteroatoms. The van der Waals surface area contributed by atoms with Gasteiger partial charge in [-0.15, -0.1) is 0 Å². The van der Waals surface area contributed by atoms with Crippen molar-refractivity contribution in [1.82, 2.24) is 9.55 Å². The number of H-pyrrole nitrogens is 1. The Balaban J connectivity index is 2.23. The van der Waals surface area contributed by atoms with Crippen LogP contribution in [0, 0.1) is 12.8 Å². The van der Waals surface area contributed by atoms with Crippen LogP contribution in [0.15, 0.2) is 15.8 Å². The van der Waals surface area contributed by atoms with E-state index in [0.29, 0.717) is 12.0 Å². The highest BCUT2D eigenvalue weighted by atomic mass is 31.2. The summed E-state index contributed by atoms with van der Waals surface area (Å²) in [5.74, 6) is -0.307. The number of rotatable bonds is 8. The molecule has 0 aliphatic carbocycles. The molecular weight excluding hydrogens is 351 g/mol. The summed E-state index contributed by atoms with van der Waals surface area (Å²) < 4.78 is 30.4. The van der Waals surface area contributed by atoms with E-state index in [2.05, 4.69) is 4.98 Å². The zero-order valence-electron chi connectivity index (χ0n) is 14.6. The van der Waals surface area contributed by atoms with Crippen LogP contribution in [0.3, 0.4) is 0 Å². The summed E-state index contributed by atoms with van der Waals surface area (Å²) in [6, 6.07) is 0. The number of aliphatic hydroxyl groups is 1. The van der Waals surface area contributed by atoms with Gasteiger partial charge in [0, 0.05) is 17.7 Å². The molecule has 25 heavy (non-hydrogen) atoms. The molecule has 1 aromatic heterocycles. The van der Waals surface area contributed by atoms with Crippen LogP contribution in [-0.2, 0) is 18.3 Å². The van der Waals surface area contributed by atoms with Crippen molar-refractivity contribution >= 4 is 7.60 Å². The van der Waals surface area contributed by atoms with Crippen LogP contribution in [0.1, 0.15) is 32.1 Å². The number of aryl methyl sites for hydroxylation is 1. The molecule has 0 saturated carbocycles. The number of hydrogen-bond donors (Lipinski definition) is 2. The Bertz CT molecular complexity index is 734. The lowest BCUT2D eigenvalue weighted by Crippen LogP contribution is -2.33. The average Bonchev–Trinajstić information content (AvgIpc) is 2.93. The van der Waals surface area contributed by atoms with Crippen LogP contribution in [0.4, 0.5) is 0 Å². The normalized spacial score (nSPS) is 23.9. The highest BCUT2D eigenvalue weighted by Crippen LogP contribution is 2.52. The molecule has 2 rings (SSSR count). The molecule has 0 amide bonds. The highest BCUT2D eigenvalue weighted by Gasteiger charge is 2.41. The molecular formula is C15H25N2O7P. The fourth-order valence-electron chi connectivity index (χ4n) is 2.97. The van der Waals surface area contributed by atoms with E-state index < -0.39 is 31.2 Å². The summed E-state index contributed by atoms with van der Waals surface area (Å²) in [5, 5.41) is 9.58. The maximum absolute atomic E-state index is 12.7. The van der Waals surface area contributed by atoms with Crippen molar-refractivity contribution < 1.29 is 23.5 Å². The van der Waals surface area contributed by atoms with E-state index in [1.54, 1.807) is 20.8 Å². The molecule has 1 fully saturated rings. The SMILES string of the molecule is CCOP(=O)(C[C@H]1C[C@H](n2cc(C)c(=O)[nH]c2=O)O[C@@H]1CO)OCC. The van der Waals surface area contributed by atoms with E-state index in [4.69, 9.17) is 13.8 Å². The summed E-state index contributed by atoms with van der Waals surface area (Å²) in [6.45, 7) is 5.25. The van der Waals surface area contributed by atoms with Crippen LogP contribution < -0.4 is 11.2 Å². The monoisotopic (exact) mass is 376 g/mol. The first-order chi connectivity index (χ1) is 11.8. The van der Waals surface area contributed by atoms with Gasteiger partial charge in [-0.05, 0) is 27.2 Å². The quantitative estimate of drug-likeness (QED) is 0.650. The lowest BCUT2D eigenvalue weighted by atomic mass is 10.0. The highest BCUT2D eigenvalue weighted by molar-refractivity contribution is 7.53. The van der Waals surface area contributed by atoms with Crippen LogP contribution in [0.25, 0.3) is 0 Å². The van der Waals surface area contributed by atoms with Crippen molar-refractivity contribution in [3.05, 3.63) is 32.6 Å². The molecule has 0 unspecified atom stereocenters. The third-order valence-corrected chi connectivity index (χ3v) is 6.33. The van der Waals surface area contributed by atoms with Crippen molar-refractivity contribution in [2.24, 2.45) is 5.92 Å². The van der Waals surface area contributed by atoms with Crippen molar-refractivity contribution in [2.45, 2.75) is 39.5 Å². The fraction of sp³-hybridized carbons (Fsp3) is 0.733. The molecule has 1 aliphatic rings. The molecule has 1 aliphatic heterocycles. The second-order valence-electron chi connectivity index (χ2n) is 5.92. The maximum Gasteiger partial charge on any atom is 0.331 e. The van der Waals surface area contributed by atoms with Gasteiger partial charge >= 0.3 is 13.3 Å². The molecule has 0 bridgehead atoms. The summed E-state index contributed by atoms with van der Waals surface area (Å²) >= 11 is 0. The first-order valence-electron chi connectivity index (χ1n) is 8.30. The largest absolute Gasteiger partial charge is 0.394 e. The minimum absolute atomic E-state index is 0.0908. The van der Waals surface area contributed by atoms with Crippen LogP contribution >= 0.6 is 7.60 Å². The number of hydrogen-bond acceptors (Lipinski definition) is 7. The Morgan fingerprint density at radius 3 is 2.56 bits per heavy atom. The van der Waals surface area contributed by atoms with Crippen molar-refractivity contribution in [2.75, 3.05) is 26.0 Å². The molecule has 0 spiro atoms. The third kappa shape index (κ3) is 4.68. The van der Waals surface area contributed by atoms with Gasteiger partial charge in [0.2, 0.25) is 0 Å². The second kappa shape index (κ2) is 8.42. The Hall–Kier alpha value is -1.25. The number of aliphatic hydroxyl groups excluding tert-OH is 1. The summed E-state index contributed by atoms with van der Waals surface area (Å²) in [4.78, 5) is 25.8. The number of nitrogens with one attached hydrogen (secondary N) is 1. The predicted octanol–water partition coefficient (Wildman–Crippen LogP) is 1.01. The van der Waals surface area contributed by atoms with E-state index in [1.165, 1.54) is 10.8 Å². The van der Waals surface area contributed by atoms with E-state index in [-0.39, 0.29) is 31.9 Å². The third-order valence-electron chi connectivity index (χ3n) is 4.11. The smallest absolute Gasteiger partial charge is 0.331 e. The number of nitrogens with zero attached hydrogens (tertiary/aromatic N) is 1. The van der Waals surface area contributed by atoms with Gasteiger partial charge in [-0.25, -0.2) is 4.79 Å². The molecule has 1 saturated heterocycles. The standard InChI is InChI=1S/C15H25N2O7P/c1-4-22-25(21,23-5-2)9-11-6-13(24-12(11)8-18)17-7-10(3)14(19)16-15(17)20/h7,11-13,18H,4-6,8-9H2,1-3H3,(H,16,19,20)/t11-,12-,13-/m1/s1. The summed E-state index contributed by atoms with van der Waals surface area (Å²) in [5.41, 5.74) is -0.663. The number of aromatic nitrogens is 2. The average molecular weight is 376 g/mol. The molecule has 142 valence electrons.